The van der Waals surface area contributed by atoms with Gasteiger partial charge in [-0.1, -0.05) is 6.07 Å². The number of likely N-dealkylation sites (N-methyl/N-ethyl adjacent to an activating group) is 1. The van der Waals surface area contributed by atoms with E-state index in [4.69, 9.17) is 14.2 Å². The number of hydrogen-bond donors (Lipinski definition) is 0. The van der Waals surface area contributed by atoms with Crippen LogP contribution in [-0.4, -0.2) is 56.6 Å². The van der Waals surface area contributed by atoms with Crippen molar-refractivity contribution in [3.8, 4) is 11.5 Å². The van der Waals surface area contributed by atoms with Crippen LogP contribution in [0.15, 0.2) is 18.2 Å². The lowest BCUT2D eigenvalue weighted by Crippen LogP contribution is -2.39. The zero-order valence-electron chi connectivity index (χ0n) is 13.8. The highest BCUT2D eigenvalue weighted by Crippen LogP contribution is 2.33. The number of esters is 1. The zero-order chi connectivity index (χ0) is 16.8. The van der Waals surface area contributed by atoms with Crippen LogP contribution in [0.5, 0.6) is 11.5 Å². The number of Topliss-reactive ketones (excluding diaryl/α,β-unsaturated/α-hetero) is 1. The van der Waals surface area contributed by atoms with Crippen LogP contribution < -0.4 is 9.47 Å². The van der Waals surface area contributed by atoms with Crippen molar-refractivity contribution in [1.82, 2.24) is 4.90 Å². The highest BCUT2D eigenvalue weighted by atomic mass is 16.5. The number of nitrogens with zero attached hydrogens (tertiary/aromatic N) is 1. The van der Waals surface area contributed by atoms with Crippen molar-refractivity contribution in [2.24, 2.45) is 0 Å². The summed E-state index contributed by atoms with van der Waals surface area (Å²) in [6, 6.07) is 4.93. The molecule has 0 radical (unpaired) electrons. The Kier molecular flexibility index (Phi) is 5.98. The van der Waals surface area contributed by atoms with Crippen LogP contribution in [0.1, 0.15) is 30.1 Å². The van der Waals surface area contributed by atoms with E-state index in [0.717, 1.165) is 25.9 Å². The molecule has 1 heterocycles. The minimum atomic E-state index is -0.883. The van der Waals surface area contributed by atoms with Crippen molar-refractivity contribution in [2.45, 2.75) is 25.9 Å². The van der Waals surface area contributed by atoms with Crippen LogP contribution in [0.2, 0.25) is 0 Å². The van der Waals surface area contributed by atoms with E-state index in [9.17, 15) is 9.59 Å². The summed E-state index contributed by atoms with van der Waals surface area (Å²) in [4.78, 5) is 26.2. The summed E-state index contributed by atoms with van der Waals surface area (Å²) in [6.07, 6.45) is 1.88. The largest absolute Gasteiger partial charge is 0.493 e. The van der Waals surface area contributed by atoms with Gasteiger partial charge in [0.15, 0.2) is 11.5 Å². The Balaban J connectivity index is 2.28. The first-order valence-corrected chi connectivity index (χ1v) is 7.80. The number of ether oxygens (including phenoxy) is 3. The number of rotatable bonds is 6. The van der Waals surface area contributed by atoms with E-state index >= 15 is 0 Å². The van der Waals surface area contributed by atoms with Crippen LogP contribution in [0.25, 0.3) is 0 Å². The van der Waals surface area contributed by atoms with Crippen molar-refractivity contribution in [1.29, 1.82) is 0 Å². The molecule has 0 bridgehead atoms. The average Bonchev–Trinajstić information content (AvgIpc) is 2.54. The summed E-state index contributed by atoms with van der Waals surface area (Å²) >= 11 is 0. The van der Waals surface area contributed by atoms with Crippen LogP contribution >= 0.6 is 0 Å². The first-order chi connectivity index (χ1) is 11.1. The van der Waals surface area contributed by atoms with Gasteiger partial charge in [-0.15, -0.1) is 0 Å². The molecule has 1 aliphatic rings. The lowest BCUT2D eigenvalue weighted by atomic mass is 10.1. The monoisotopic (exact) mass is 321 g/mol. The number of carbonyl (C=O) groups excluding carboxylic acids is 2. The maximum absolute atomic E-state index is 12.3. The maximum Gasteiger partial charge on any atom is 0.379 e. The molecule has 1 aromatic rings. The SMILES string of the molecule is CCOC(=O)C(=O)c1cccc(OC)c1OC1CCCN(C)C1. The molecule has 23 heavy (non-hydrogen) atoms. The summed E-state index contributed by atoms with van der Waals surface area (Å²) in [5, 5.41) is 0. The number of hydrogen-bond acceptors (Lipinski definition) is 6. The van der Waals surface area contributed by atoms with Gasteiger partial charge in [-0.2, -0.15) is 0 Å². The topological polar surface area (TPSA) is 65.1 Å². The molecular weight excluding hydrogens is 298 g/mol. The van der Waals surface area contributed by atoms with Gasteiger partial charge in [0.05, 0.1) is 19.3 Å². The molecule has 0 N–H and O–H groups in total. The van der Waals surface area contributed by atoms with Gasteiger partial charge in [0.2, 0.25) is 0 Å². The van der Waals surface area contributed by atoms with E-state index in [1.807, 2.05) is 7.05 Å². The van der Waals surface area contributed by atoms with Gasteiger partial charge in [0, 0.05) is 6.54 Å². The fraction of sp³-hybridized carbons (Fsp3) is 0.529. The lowest BCUT2D eigenvalue weighted by Gasteiger charge is -2.30. The summed E-state index contributed by atoms with van der Waals surface area (Å²) in [6.45, 7) is 3.61. The van der Waals surface area contributed by atoms with E-state index in [-0.39, 0.29) is 18.3 Å². The molecule has 1 aliphatic heterocycles. The van der Waals surface area contributed by atoms with Gasteiger partial charge in [-0.05, 0) is 45.5 Å². The van der Waals surface area contributed by atoms with Gasteiger partial charge in [-0.25, -0.2) is 4.79 Å². The van der Waals surface area contributed by atoms with Gasteiger partial charge >= 0.3 is 5.97 Å². The van der Waals surface area contributed by atoms with Crippen molar-refractivity contribution >= 4 is 11.8 Å². The van der Waals surface area contributed by atoms with E-state index in [1.165, 1.54) is 7.11 Å². The summed E-state index contributed by atoms with van der Waals surface area (Å²) < 4.78 is 16.1. The second kappa shape index (κ2) is 7.97. The summed E-state index contributed by atoms with van der Waals surface area (Å²) in [5.74, 6) is -0.849. The predicted octanol–water partition coefficient (Wildman–Crippen LogP) is 1.91. The summed E-state index contributed by atoms with van der Waals surface area (Å²) in [7, 11) is 3.54. The molecule has 1 atom stereocenters. The Morgan fingerprint density at radius 3 is 2.78 bits per heavy atom. The minimum absolute atomic E-state index is 0.0428. The Hall–Kier alpha value is -2.08. The van der Waals surface area contributed by atoms with Crippen LogP contribution in [0.3, 0.4) is 0 Å². The highest BCUT2D eigenvalue weighted by molar-refractivity contribution is 6.41. The molecule has 0 amide bonds. The lowest BCUT2D eigenvalue weighted by molar-refractivity contribution is -0.137. The van der Waals surface area contributed by atoms with E-state index < -0.39 is 11.8 Å². The first kappa shape index (κ1) is 17.3. The fourth-order valence-corrected chi connectivity index (χ4v) is 2.67. The van der Waals surface area contributed by atoms with Crippen LogP contribution in [0.4, 0.5) is 0 Å². The quantitative estimate of drug-likeness (QED) is 0.453. The second-order valence-corrected chi connectivity index (χ2v) is 5.53. The fourth-order valence-electron chi connectivity index (χ4n) is 2.67. The highest BCUT2D eigenvalue weighted by Gasteiger charge is 2.27. The Morgan fingerprint density at radius 1 is 1.35 bits per heavy atom. The van der Waals surface area contributed by atoms with Gasteiger partial charge < -0.3 is 19.1 Å². The van der Waals surface area contributed by atoms with E-state index in [2.05, 4.69) is 4.90 Å². The number of benzene rings is 1. The standard InChI is InChI=1S/C17H23NO5/c1-4-22-17(20)15(19)13-8-5-9-14(21-3)16(13)23-12-7-6-10-18(2)11-12/h5,8-9,12H,4,6-7,10-11H2,1-3H3. The van der Waals surface area contributed by atoms with E-state index in [1.54, 1.807) is 25.1 Å². The van der Waals surface area contributed by atoms with Crippen LogP contribution in [0, 0.1) is 0 Å². The van der Waals surface area contributed by atoms with Gasteiger partial charge in [-0.3, -0.25) is 4.79 Å². The summed E-state index contributed by atoms with van der Waals surface area (Å²) in [5.41, 5.74) is 0.177. The average molecular weight is 321 g/mol. The minimum Gasteiger partial charge on any atom is -0.493 e. The molecule has 2 rings (SSSR count). The first-order valence-electron chi connectivity index (χ1n) is 7.80. The van der Waals surface area contributed by atoms with Crippen LogP contribution in [-0.2, 0) is 9.53 Å². The molecule has 1 fully saturated rings. The Bertz CT molecular complexity index is 572. The number of ketones is 1. The van der Waals surface area contributed by atoms with Crippen molar-refractivity contribution < 1.29 is 23.8 Å². The predicted molar refractivity (Wildman–Crippen MR) is 85.1 cm³/mol. The normalized spacial score (nSPS) is 18.3. The number of methoxy groups -OCH3 is 1. The molecular formula is C17H23NO5. The molecule has 0 aromatic heterocycles. The molecule has 1 saturated heterocycles. The molecule has 0 aliphatic carbocycles. The molecule has 1 aromatic carbocycles. The Labute approximate surface area is 136 Å². The smallest absolute Gasteiger partial charge is 0.379 e. The third-order valence-electron chi connectivity index (χ3n) is 3.77. The molecule has 0 saturated carbocycles. The number of carbonyl (C=O) groups is 2. The molecule has 6 heteroatoms. The molecule has 1 unspecified atom stereocenters. The van der Waals surface area contributed by atoms with Crippen molar-refractivity contribution in [3.05, 3.63) is 23.8 Å². The number of para-hydroxylation sites is 1. The number of likely N-dealkylation sites (tertiary alicyclic amines) is 1. The van der Waals surface area contributed by atoms with Gasteiger partial charge in [0.1, 0.15) is 6.10 Å². The van der Waals surface area contributed by atoms with E-state index in [0.29, 0.717) is 11.5 Å². The third kappa shape index (κ3) is 4.22. The molecule has 6 nitrogen and oxygen atoms in total. The zero-order valence-corrected chi connectivity index (χ0v) is 13.8. The Morgan fingerprint density at radius 2 is 2.13 bits per heavy atom. The van der Waals surface area contributed by atoms with Crippen molar-refractivity contribution in [3.63, 3.8) is 0 Å². The van der Waals surface area contributed by atoms with Gasteiger partial charge in [0.25, 0.3) is 5.78 Å². The number of piperidine rings is 1. The van der Waals surface area contributed by atoms with Crippen molar-refractivity contribution in [2.75, 3.05) is 33.9 Å². The molecule has 0 spiro atoms. The second-order valence-electron chi connectivity index (χ2n) is 5.53. The maximum atomic E-state index is 12.3. The third-order valence-corrected chi connectivity index (χ3v) is 3.77. The molecule has 126 valence electrons.